The van der Waals surface area contributed by atoms with Gasteiger partial charge in [0.2, 0.25) is 0 Å². The monoisotopic (exact) mass is 324 g/mol. The summed E-state index contributed by atoms with van der Waals surface area (Å²) in [7, 11) is 3.88. The van der Waals surface area contributed by atoms with Gasteiger partial charge in [-0.2, -0.15) is 0 Å². The van der Waals surface area contributed by atoms with Crippen molar-refractivity contribution < 1.29 is 4.79 Å². The van der Waals surface area contributed by atoms with Gasteiger partial charge >= 0.3 is 0 Å². The van der Waals surface area contributed by atoms with E-state index in [1.165, 1.54) is 5.69 Å². The van der Waals surface area contributed by atoms with E-state index >= 15 is 0 Å². The summed E-state index contributed by atoms with van der Waals surface area (Å²) < 4.78 is 0. The maximum atomic E-state index is 12.7. The van der Waals surface area contributed by atoms with E-state index in [2.05, 4.69) is 34.1 Å². The number of amides is 1. The van der Waals surface area contributed by atoms with Crippen LogP contribution in [0.25, 0.3) is 0 Å². The van der Waals surface area contributed by atoms with Gasteiger partial charge in [0.15, 0.2) is 0 Å². The zero-order valence-electron chi connectivity index (χ0n) is 14.4. The van der Waals surface area contributed by atoms with Gasteiger partial charge in [-0.1, -0.05) is 18.2 Å². The van der Waals surface area contributed by atoms with Crippen LogP contribution in [0.3, 0.4) is 0 Å². The quantitative estimate of drug-likeness (QED) is 0.870. The van der Waals surface area contributed by atoms with E-state index in [-0.39, 0.29) is 5.91 Å². The van der Waals surface area contributed by atoms with Crippen LogP contribution in [-0.2, 0) is 0 Å². The van der Waals surface area contributed by atoms with Crippen molar-refractivity contribution in [3.8, 4) is 0 Å². The molecule has 0 bridgehead atoms. The fraction of sp³-hybridized carbons (Fsp3) is 0.368. The fourth-order valence-electron chi connectivity index (χ4n) is 2.98. The third-order valence-electron chi connectivity index (χ3n) is 4.36. The van der Waals surface area contributed by atoms with Gasteiger partial charge in [0.1, 0.15) is 5.82 Å². The Hall–Kier alpha value is -2.56. The molecule has 3 rings (SSSR count). The molecular weight excluding hydrogens is 300 g/mol. The molecule has 2 heterocycles. The van der Waals surface area contributed by atoms with Crippen LogP contribution in [0.1, 0.15) is 16.8 Å². The molecule has 1 aromatic carbocycles. The maximum absolute atomic E-state index is 12.7. The summed E-state index contributed by atoms with van der Waals surface area (Å²) in [5.41, 5.74) is 1.89. The standard InChI is InChI=1S/C19H24N4O/c1-21(2)18-10-9-16(15-20-18)19(24)23-12-6-11-22(13-14-23)17-7-4-3-5-8-17/h3-5,7-10,15H,6,11-14H2,1-2H3. The number of carbonyl (C=O) groups is 1. The zero-order chi connectivity index (χ0) is 16.9. The highest BCUT2D eigenvalue weighted by Crippen LogP contribution is 2.17. The van der Waals surface area contributed by atoms with Gasteiger partial charge in [-0.3, -0.25) is 4.79 Å². The van der Waals surface area contributed by atoms with Gasteiger partial charge in [-0.05, 0) is 30.7 Å². The molecule has 5 heteroatoms. The predicted octanol–water partition coefficient (Wildman–Crippen LogP) is 2.50. The number of rotatable bonds is 3. The average molecular weight is 324 g/mol. The molecule has 1 aromatic heterocycles. The Kier molecular flexibility index (Phi) is 4.99. The minimum Gasteiger partial charge on any atom is -0.370 e. The minimum absolute atomic E-state index is 0.0720. The number of carbonyl (C=O) groups excluding carboxylic acids is 1. The van der Waals surface area contributed by atoms with Crippen molar-refractivity contribution in [3.05, 3.63) is 54.2 Å². The normalized spacial score (nSPS) is 15.1. The summed E-state index contributed by atoms with van der Waals surface area (Å²) in [6, 6.07) is 14.2. The first kappa shape index (κ1) is 16.3. The van der Waals surface area contributed by atoms with Crippen molar-refractivity contribution in [1.29, 1.82) is 0 Å². The average Bonchev–Trinajstić information content (AvgIpc) is 2.88. The second kappa shape index (κ2) is 7.34. The molecule has 24 heavy (non-hydrogen) atoms. The number of hydrogen-bond donors (Lipinski definition) is 0. The lowest BCUT2D eigenvalue weighted by molar-refractivity contribution is 0.0766. The van der Waals surface area contributed by atoms with Crippen LogP contribution in [-0.4, -0.2) is 56.1 Å². The Morgan fingerprint density at radius 1 is 1.00 bits per heavy atom. The van der Waals surface area contributed by atoms with E-state index in [1.54, 1.807) is 6.20 Å². The van der Waals surface area contributed by atoms with Crippen molar-refractivity contribution in [2.24, 2.45) is 0 Å². The molecule has 126 valence electrons. The van der Waals surface area contributed by atoms with Gasteiger partial charge in [0.25, 0.3) is 5.91 Å². The highest BCUT2D eigenvalue weighted by atomic mass is 16.2. The molecule has 0 aliphatic carbocycles. The second-order valence-electron chi connectivity index (χ2n) is 6.27. The van der Waals surface area contributed by atoms with E-state index < -0.39 is 0 Å². The fourth-order valence-corrected chi connectivity index (χ4v) is 2.98. The van der Waals surface area contributed by atoms with E-state index in [0.717, 1.165) is 38.4 Å². The van der Waals surface area contributed by atoms with Crippen LogP contribution < -0.4 is 9.80 Å². The van der Waals surface area contributed by atoms with Crippen LogP contribution in [0.2, 0.25) is 0 Å². The molecule has 1 amide bonds. The summed E-state index contributed by atoms with van der Waals surface area (Å²) in [5, 5.41) is 0. The molecular formula is C19H24N4O. The van der Waals surface area contributed by atoms with Gasteiger partial charge < -0.3 is 14.7 Å². The van der Waals surface area contributed by atoms with Crippen LogP contribution in [0, 0.1) is 0 Å². The molecule has 5 nitrogen and oxygen atoms in total. The topological polar surface area (TPSA) is 39.7 Å². The summed E-state index contributed by atoms with van der Waals surface area (Å²) in [6.45, 7) is 3.37. The summed E-state index contributed by atoms with van der Waals surface area (Å²) in [5.74, 6) is 0.931. The molecule has 1 fully saturated rings. The highest BCUT2D eigenvalue weighted by molar-refractivity contribution is 5.94. The first-order valence-electron chi connectivity index (χ1n) is 8.38. The van der Waals surface area contributed by atoms with Crippen molar-refractivity contribution in [2.45, 2.75) is 6.42 Å². The molecule has 2 aromatic rings. The number of pyridine rings is 1. The first-order chi connectivity index (χ1) is 11.6. The number of para-hydroxylation sites is 1. The zero-order valence-corrected chi connectivity index (χ0v) is 14.4. The molecule has 0 radical (unpaired) electrons. The summed E-state index contributed by atoms with van der Waals surface area (Å²) in [6.07, 6.45) is 2.65. The number of aromatic nitrogens is 1. The van der Waals surface area contributed by atoms with E-state index in [4.69, 9.17) is 0 Å². The Morgan fingerprint density at radius 3 is 2.46 bits per heavy atom. The smallest absolute Gasteiger partial charge is 0.255 e. The van der Waals surface area contributed by atoms with Crippen LogP contribution in [0.5, 0.6) is 0 Å². The number of benzene rings is 1. The third-order valence-corrected chi connectivity index (χ3v) is 4.36. The van der Waals surface area contributed by atoms with Gasteiger partial charge in [-0.25, -0.2) is 4.98 Å². The molecule has 1 aliphatic rings. The van der Waals surface area contributed by atoms with Crippen LogP contribution in [0.15, 0.2) is 48.7 Å². The second-order valence-corrected chi connectivity index (χ2v) is 6.27. The lowest BCUT2D eigenvalue weighted by Crippen LogP contribution is -2.35. The Morgan fingerprint density at radius 2 is 1.79 bits per heavy atom. The van der Waals surface area contributed by atoms with E-state index in [0.29, 0.717) is 5.56 Å². The summed E-state index contributed by atoms with van der Waals surface area (Å²) >= 11 is 0. The number of nitrogens with zero attached hydrogens (tertiary/aromatic N) is 4. The van der Waals surface area contributed by atoms with E-state index in [9.17, 15) is 4.79 Å². The highest BCUT2D eigenvalue weighted by Gasteiger charge is 2.20. The molecule has 0 N–H and O–H groups in total. The van der Waals surface area contributed by atoms with Gasteiger partial charge in [0.05, 0.1) is 5.56 Å². The minimum atomic E-state index is 0.0720. The van der Waals surface area contributed by atoms with Crippen LogP contribution >= 0.6 is 0 Å². The lowest BCUT2D eigenvalue weighted by Gasteiger charge is -2.23. The molecule has 0 unspecified atom stereocenters. The largest absolute Gasteiger partial charge is 0.370 e. The Labute approximate surface area is 143 Å². The molecule has 1 aliphatic heterocycles. The van der Waals surface area contributed by atoms with Gasteiger partial charge in [-0.15, -0.1) is 0 Å². The molecule has 0 saturated carbocycles. The number of anilines is 2. The van der Waals surface area contributed by atoms with Crippen molar-refractivity contribution in [1.82, 2.24) is 9.88 Å². The van der Waals surface area contributed by atoms with Gasteiger partial charge in [0, 0.05) is 52.2 Å². The Bertz CT molecular complexity index is 670. The van der Waals surface area contributed by atoms with Crippen molar-refractivity contribution in [2.75, 3.05) is 50.1 Å². The SMILES string of the molecule is CN(C)c1ccc(C(=O)N2CCCN(c3ccccc3)CC2)cn1. The van der Waals surface area contributed by atoms with Crippen LogP contribution in [0.4, 0.5) is 11.5 Å². The molecule has 0 spiro atoms. The third kappa shape index (κ3) is 3.67. The Balaban J connectivity index is 1.66. The maximum Gasteiger partial charge on any atom is 0.255 e. The summed E-state index contributed by atoms with van der Waals surface area (Å²) in [4.78, 5) is 23.3. The lowest BCUT2D eigenvalue weighted by atomic mass is 10.2. The first-order valence-corrected chi connectivity index (χ1v) is 8.38. The number of hydrogen-bond acceptors (Lipinski definition) is 4. The van der Waals surface area contributed by atoms with Crippen molar-refractivity contribution in [3.63, 3.8) is 0 Å². The molecule has 0 atom stereocenters. The molecule has 1 saturated heterocycles. The predicted molar refractivity (Wildman–Crippen MR) is 97.7 cm³/mol. The van der Waals surface area contributed by atoms with Crippen molar-refractivity contribution >= 4 is 17.4 Å². The van der Waals surface area contributed by atoms with E-state index in [1.807, 2.05) is 42.1 Å².